The van der Waals surface area contributed by atoms with Gasteiger partial charge in [0.15, 0.2) is 0 Å². The van der Waals surface area contributed by atoms with E-state index in [0.29, 0.717) is 31.6 Å². The van der Waals surface area contributed by atoms with E-state index < -0.39 is 0 Å². The Morgan fingerprint density at radius 1 is 1.08 bits per heavy atom. The van der Waals surface area contributed by atoms with Gasteiger partial charge in [-0.25, -0.2) is 0 Å². The standard InChI is InChI=1S/C20H22N4O2/c25-18-11-20(15-24(18)14-16-3-1-7-21-12-16)5-9-23(10-6-20)19(26)17-4-2-8-22-13-17/h1-4,7-8,12-13H,5-6,9-11,14-15H2. The number of carbonyl (C=O) groups is 2. The molecule has 0 saturated carbocycles. The highest BCUT2D eigenvalue weighted by molar-refractivity contribution is 5.94. The molecule has 134 valence electrons. The molecule has 2 fully saturated rings. The molecular formula is C20H22N4O2. The lowest BCUT2D eigenvalue weighted by molar-refractivity contribution is -0.128. The molecule has 0 unspecified atom stereocenters. The molecule has 0 aliphatic carbocycles. The summed E-state index contributed by atoms with van der Waals surface area (Å²) in [4.78, 5) is 37.1. The molecular weight excluding hydrogens is 328 g/mol. The molecule has 2 aliphatic heterocycles. The predicted octanol–water partition coefficient (Wildman–Crippen LogP) is 2.13. The number of pyridine rings is 2. The van der Waals surface area contributed by atoms with Crippen LogP contribution < -0.4 is 0 Å². The van der Waals surface area contributed by atoms with Gasteiger partial charge in [-0.2, -0.15) is 0 Å². The summed E-state index contributed by atoms with van der Waals surface area (Å²) in [7, 11) is 0. The number of carbonyl (C=O) groups excluding carboxylic acids is 2. The lowest BCUT2D eigenvalue weighted by atomic mass is 9.77. The maximum absolute atomic E-state index is 12.6. The molecule has 0 aromatic carbocycles. The molecule has 0 radical (unpaired) electrons. The van der Waals surface area contributed by atoms with Crippen molar-refractivity contribution in [2.75, 3.05) is 19.6 Å². The normalized spacial score (nSPS) is 19.2. The molecule has 6 nitrogen and oxygen atoms in total. The van der Waals surface area contributed by atoms with E-state index in [2.05, 4.69) is 9.97 Å². The Hall–Kier alpha value is -2.76. The zero-order valence-corrected chi connectivity index (χ0v) is 14.7. The molecule has 4 heterocycles. The van der Waals surface area contributed by atoms with Crippen molar-refractivity contribution in [3.05, 3.63) is 60.2 Å². The maximum atomic E-state index is 12.6. The van der Waals surface area contributed by atoms with E-state index >= 15 is 0 Å². The Morgan fingerprint density at radius 3 is 2.46 bits per heavy atom. The lowest BCUT2D eigenvalue weighted by Crippen LogP contribution is -2.44. The van der Waals surface area contributed by atoms with Crippen LogP contribution in [-0.4, -0.2) is 51.2 Å². The van der Waals surface area contributed by atoms with E-state index in [9.17, 15) is 9.59 Å². The molecule has 1 spiro atoms. The molecule has 2 aromatic rings. The van der Waals surface area contributed by atoms with Crippen molar-refractivity contribution < 1.29 is 9.59 Å². The quantitative estimate of drug-likeness (QED) is 0.851. The molecule has 2 saturated heterocycles. The van der Waals surface area contributed by atoms with E-state index in [-0.39, 0.29) is 17.2 Å². The topological polar surface area (TPSA) is 66.4 Å². The highest BCUT2D eigenvalue weighted by Crippen LogP contribution is 2.41. The summed E-state index contributed by atoms with van der Waals surface area (Å²) < 4.78 is 0. The van der Waals surface area contributed by atoms with Crippen molar-refractivity contribution in [1.29, 1.82) is 0 Å². The van der Waals surface area contributed by atoms with E-state index in [1.54, 1.807) is 30.7 Å². The Morgan fingerprint density at radius 2 is 1.81 bits per heavy atom. The first kappa shape index (κ1) is 16.7. The molecule has 4 rings (SSSR count). The molecule has 2 amide bonds. The number of hydrogen-bond acceptors (Lipinski definition) is 4. The highest BCUT2D eigenvalue weighted by atomic mass is 16.2. The van der Waals surface area contributed by atoms with Crippen LogP contribution in [0.2, 0.25) is 0 Å². The van der Waals surface area contributed by atoms with Crippen molar-refractivity contribution in [2.24, 2.45) is 5.41 Å². The maximum Gasteiger partial charge on any atom is 0.255 e. The fourth-order valence-corrected chi connectivity index (χ4v) is 4.03. The van der Waals surface area contributed by atoms with Gasteiger partial charge in [0.25, 0.3) is 5.91 Å². The Kier molecular flexibility index (Phi) is 4.41. The minimum Gasteiger partial charge on any atom is -0.339 e. The SMILES string of the molecule is O=C1CC2(CCN(C(=O)c3cccnc3)CC2)CN1Cc1cccnc1. The van der Waals surface area contributed by atoms with Crippen molar-refractivity contribution in [3.63, 3.8) is 0 Å². The Bertz CT molecular complexity index is 786. The van der Waals surface area contributed by atoms with Crippen LogP contribution in [0.5, 0.6) is 0 Å². The van der Waals surface area contributed by atoms with Crippen molar-refractivity contribution in [1.82, 2.24) is 19.8 Å². The van der Waals surface area contributed by atoms with Gasteiger partial charge in [-0.3, -0.25) is 19.6 Å². The van der Waals surface area contributed by atoms with Gasteiger partial charge in [0.1, 0.15) is 0 Å². The van der Waals surface area contributed by atoms with Crippen LogP contribution >= 0.6 is 0 Å². The van der Waals surface area contributed by atoms with Crippen LogP contribution in [-0.2, 0) is 11.3 Å². The number of likely N-dealkylation sites (tertiary alicyclic amines) is 2. The zero-order valence-electron chi connectivity index (χ0n) is 14.7. The third kappa shape index (κ3) is 3.31. The predicted molar refractivity (Wildman–Crippen MR) is 96.1 cm³/mol. The van der Waals surface area contributed by atoms with Gasteiger partial charge in [-0.15, -0.1) is 0 Å². The molecule has 2 aromatic heterocycles. The van der Waals surface area contributed by atoms with Crippen LogP contribution in [0, 0.1) is 5.41 Å². The summed E-state index contributed by atoms with van der Waals surface area (Å²) in [6.07, 6.45) is 9.16. The number of rotatable bonds is 3. The molecule has 0 atom stereocenters. The molecule has 0 N–H and O–H groups in total. The van der Waals surface area contributed by atoms with Crippen LogP contribution in [0.4, 0.5) is 0 Å². The fourth-order valence-electron chi connectivity index (χ4n) is 4.03. The monoisotopic (exact) mass is 350 g/mol. The average Bonchev–Trinajstić information content (AvgIpc) is 2.98. The molecule has 2 aliphatic rings. The Labute approximate surface area is 152 Å². The van der Waals surface area contributed by atoms with E-state index in [1.165, 1.54) is 0 Å². The van der Waals surface area contributed by atoms with Crippen molar-refractivity contribution in [3.8, 4) is 0 Å². The first-order chi connectivity index (χ1) is 12.7. The highest BCUT2D eigenvalue weighted by Gasteiger charge is 2.45. The van der Waals surface area contributed by atoms with Gasteiger partial charge in [0.2, 0.25) is 5.91 Å². The van der Waals surface area contributed by atoms with Crippen molar-refractivity contribution in [2.45, 2.75) is 25.8 Å². The van der Waals surface area contributed by atoms with Gasteiger partial charge in [0.05, 0.1) is 5.56 Å². The lowest BCUT2D eigenvalue weighted by Gasteiger charge is -2.38. The second-order valence-corrected chi connectivity index (χ2v) is 7.32. The third-order valence-electron chi connectivity index (χ3n) is 5.52. The summed E-state index contributed by atoms with van der Waals surface area (Å²) in [6.45, 7) is 2.78. The van der Waals surface area contributed by atoms with Gasteiger partial charge < -0.3 is 9.80 Å². The molecule has 26 heavy (non-hydrogen) atoms. The first-order valence-electron chi connectivity index (χ1n) is 9.01. The second-order valence-electron chi connectivity index (χ2n) is 7.32. The fraction of sp³-hybridized carbons (Fsp3) is 0.400. The number of amides is 2. The van der Waals surface area contributed by atoms with Gasteiger partial charge >= 0.3 is 0 Å². The summed E-state index contributed by atoms with van der Waals surface area (Å²) in [5, 5.41) is 0. The zero-order chi connectivity index (χ0) is 18.0. The van der Waals surface area contributed by atoms with E-state index in [0.717, 1.165) is 24.9 Å². The van der Waals surface area contributed by atoms with Crippen LogP contribution in [0.3, 0.4) is 0 Å². The smallest absolute Gasteiger partial charge is 0.255 e. The minimum atomic E-state index is 0.00497. The van der Waals surface area contributed by atoms with Gasteiger partial charge in [0, 0.05) is 62.8 Å². The van der Waals surface area contributed by atoms with Crippen LogP contribution in [0.15, 0.2) is 49.1 Å². The second kappa shape index (κ2) is 6.86. The summed E-state index contributed by atoms with van der Waals surface area (Å²) in [5.41, 5.74) is 1.69. The third-order valence-corrected chi connectivity index (χ3v) is 5.52. The number of aromatic nitrogens is 2. The van der Waals surface area contributed by atoms with Crippen LogP contribution in [0.1, 0.15) is 35.2 Å². The minimum absolute atomic E-state index is 0.00497. The molecule has 0 bridgehead atoms. The van der Waals surface area contributed by atoms with E-state index in [1.807, 2.05) is 28.1 Å². The van der Waals surface area contributed by atoms with E-state index in [4.69, 9.17) is 0 Å². The summed E-state index contributed by atoms with van der Waals surface area (Å²) in [5.74, 6) is 0.241. The summed E-state index contributed by atoms with van der Waals surface area (Å²) >= 11 is 0. The number of nitrogens with zero attached hydrogens (tertiary/aromatic N) is 4. The number of hydrogen-bond donors (Lipinski definition) is 0. The molecule has 6 heteroatoms. The number of piperidine rings is 1. The van der Waals surface area contributed by atoms with Crippen LogP contribution in [0.25, 0.3) is 0 Å². The average molecular weight is 350 g/mol. The van der Waals surface area contributed by atoms with Gasteiger partial charge in [-0.1, -0.05) is 6.07 Å². The summed E-state index contributed by atoms with van der Waals surface area (Å²) in [6, 6.07) is 7.48. The largest absolute Gasteiger partial charge is 0.339 e. The first-order valence-corrected chi connectivity index (χ1v) is 9.01. The Balaban J connectivity index is 1.38. The van der Waals surface area contributed by atoms with Crippen molar-refractivity contribution >= 4 is 11.8 Å². The van der Waals surface area contributed by atoms with Gasteiger partial charge in [-0.05, 0) is 36.6 Å².